The minimum Gasteiger partial charge on any atom is -0.361 e. The number of para-hydroxylation sites is 1. The van der Waals surface area contributed by atoms with Gasteiger partial charge in [-0.05, 0) is 23.6 Å². The Morgan fingerprint density at radius 3 is 2.74 bits per heavy atom. The average molecular weight is 306 g/mol. The van der Waals surface area contributed by atoms with Crippen LogP contribution >= 0.6 is 0 Å². The lowest BCUT2D eigenvalue weighted by Gasteiger charge is -2.03. The first kappa shape index (κ1) is 14.0. The summed E-state index contributed by atoms with van der Waals surface area (Å²) in [6, 6.07) is 18.1. The summed E-state index contributed by atoms with van der Waals surface area (Å²) in [6.45, 7) is 0.613. The number of amides is 1. The Balaban J connectivity index is 1.31. The maximum atomic E-state index is 12.1. The molecule has 4 nitrogen and oxygen atoms in total. The first-order chi connectivity index (χ1) is 11.3. The van der Waals surface area contributed by atoms with Crippen molar-refractivity contribution in [1.82, 2.24) is 10.3 Å². The van der Waals surface area contributed by atoms with Crippen molar-refractivity contribution in [2.24, 2.45) is 0 Å². The zero-order valence-corrected chi connectivity index (χ0v) is 12.7. The van der Waals surface area contributed by atoms with E-state index in [1.54, 1.807) is 0 Å². The predicted octanol–water partition coefficient (Wildman–Crippen LogP) is 2.97. The summed E-state index contributed by atoms with van der Waals surface area (Å²) in [7, 11) is 0. The van der Waals surface area contributed by atoms with Crippen LogP contribution in [-0.4, -0.2) is 23.5 Å². The smallest absolute Gasteiger partial charge is 0.252 e. The van der Waals surface area contributed by atoms with Gasteiger partial charge >= 0.3 is 0 Å². The van der Waals surface area contributed by atoms with E-state index in [1.165, 1.54) is 10.9 Å². The van der Waals surface area contributed by atoms with Crippen LogP contribution in [-0.2, 0) is 16.0 Å². The van der Waals surface area contributed by atoms with Gasteiger partial charge in [-0.1, -0.05) is 48.5 Å². The molecule has 0 radical (unpaired) electrons. The van der Waals surface area contributed by atoms with Crippen molar-refractivity contribution in [3.8, 4) is 0 Å². The molecule has 1 aliphatic rings. The molecule has 2 atom stereocenters. The van der Waals surface area contributed by atoms with E-state index in [0.717, 1.165) is 17.5 Å². The molecule has 1 aromatic heterocycles. The van der Waals surface area contributed by atoms with Gasteiger partial charge < -0.3 is 15.0 Å². The third kappa shape index (κ3) is 2.85. The van der Waals surface area contributed by atoms with Crippen molar-refractivity contribution in [2.45, 2.75) is 18.6 Å². The van der Waals surface area contributed by atoms with Crippen molar-refractivity contribution >= 4 is 16.8 Å². The molecule has 23 heavy (non-hydrogen) atoms. The molecule has 1 saturated heterocycles. The molecule has 0 bridgehead atoms. The molecule has 1 aliphatic heterocycles. The number of ether oxygens (including phenoxy) is 1. The second-order valence-corrected chi connectivity index (χ2v) is 5.79. The molecule has 0 aliphatic carbocycles. The molecule has 116 valence electrons. The molecule has 0 saturated carbocycles. The van der Waals surface area contributed by atoms with Gasteiger partial charge in [-0.25, -0.2) is 0 Å². The van der Waals surface area contributed by atoms with Crippen molar-refractivity contribution < 1.29 is 9.53 Å². The van der Waals surface area contributed by atoms with E-state index >= 15 is 0 Å². The van der Waals surface area contributed by atoms with E-state index in [4.69, 9.17) is 4.74 Å². The maximum Gasteiger partial charge on any atom is 0.252 e. The second-order valence-electron chi connectivity index (χ2n) is 5.79. The Morgan fingerprint density at radius 2 is 1.87 bits per heavy atom. The zero-order valence-electron chi connectivity index (χ0n) is 12.7. The highest BCUT2D eigenvalue weighted by Crippen LogP contribution is 2.38. The van der Waals surface area contributed by atoms with Crippen molar-refractivity contribution in [3.05, 3.63) is 71.9 Å². The Morgan fingerprint density at radius 1 is 1.09 bits per heavy atom. The minimum absolute atomic E-state index is 0.0290. The molecule has 4 rings (SSSR count). The fraction of sp³-hybridized carbons (Fsp3) is 0.211. The molecule has 3 aromatic rings. The van der Waals surface area contributed by atoms with Gasteiger partial charge in [-0.2, -0.15) is 0 Å². The van der Waals surface area contributed by atoms with Crippen LogP contribution < -0.4 is 5.32 Å². The monoisotopic (exact) mass is 306 g/mol. The van der Waals surface area contributed by atoms with Gasteiger partial charge in [-0.15, -0.1) is 0 Å². The highest BCUT2D eigenvalue weighted by molar-refractivity contribution is 5.85. The Hall–Kier alpha value is -2.59. The summed E-state index contributed by atoms with van der Waals surface area (Å²) in [5.74, 6) is -0.0290. The quantitative estimate of drug-likeness (QED) is 0.712. The molecule has 2 aromatic carbocycles. The van der Waals surface area contributed by atoms with Crippen LogP contribution in [0.15, 0.2) is 60.8 Å². The number of hydrogen-bond donors (Lipinski definition) is 2. The normalized spacial score (nSPS) is 19.7. The summed E-state index contributed by atoms with van der Waals surface area (Å²) < 4.78 is 5.50. The Bertz CT molecular complexity index is 826. The summed E-state index contributed by atoms with van der Waals surface area (Å²) in [4.78, 5) is 15.4. The first-order valence-corrected chi connectivity index (χ1v) is 7.86. The van der Waals surface area contributed by atoms with Crippen LogP contribution in [0.1, 0.15) is 17.2 Å². The van der Waals surface area contributed by atoms with Crippen LogP contribution in [0.4, 0.5) is 0 Å². The maximum absolute atomic E-state index is 12.1. The van der Waals surface area contributed by atoms with Gasteiger partial charge in [0, 0.05) is 23.6 Å². The van der Waals surface area contributed by atoms with E-state index in [2.05, 4.69) is 22.4 Å². The van der Waals surface area contributed by atoms with Gasteiger partial charge in [0.25, 0.3) is 5.91 Å². The van der Waals surface area contributed by atoms with E-state index in [0.29, 0.717) is 6.54 Å². The van der Waals surface area contributed by atoms with E-state index < -0.39 is 0 Å². The fourth-order valence-electron chi connectivity index (χ4n) is 2.97. The Labute approximate surface area is 134 Å². The van der Waals surface area contributed by atoms with Gasteiger partial charge in [0.1, 0.15) is 6.10 Å². The van der Waals surface area contributed by atoms with Crippen molar-refractivity contribution in [3.63, 3.8) is 0 Å². The third-order valence-corrected chi connectivity index (χ3v) is 4.25. The number of hydrogen-bond acceptors (Lipinski definition) is 2. The largest absolute Gasteiger partial charge is 0.361 e. The lowest BCUT2D eigenvalue weighted by atomic mass is 10.1. The summed E-state index contributed by atoms with van der Waals surface area (Å²) in [5, 5.41) is 4.18. The fourth-order valence-corrected chi connectivity index (χ4v) is 2.97. The topological polar surface area (TPSA) is 57.4 Å². The van der Waals surface area contributed by atoms with Crippen LogP contribution in [0.3, 0.4) is 0 Å². The number of aromatic amines is 1. The van der Waals surface area contributed by atoms with Gasteiger partial charge in [0.05, 0.1) is 0 Å². The summed E-state index contributed by atoms with van der Waals surface area (Å²) in [6.07, 6.45) is 2.38. The number of H-pyrrole nitrogens is 1. The Kier molecular flexibility index (Phi) is 3.60. The van der Waals surface area contributed by atoms with Crippen LogP contribution in [0.5, 0.6) is 0 Å². The second kappa shape index (κ2) is 5.89. The SMILES string of the molecule is O=C(NCCc1c[nH]c2ccccc12)C1OC1c1ccccc1. The van der Waals surface area contributed by atoms with Crippen molar-refractivity contribution in [1.29, 1.82) is 0 Å². The number of carbonyl (C=O) groups excluding carboxylic acids is 1. The summed E-state index contributed by atoms with van der Waals surface area (Å²) >= 11 is 0. The number of rotatable bonds is 5. The number of nitrogens with one attached hydrogen (secondary N) is 2. The van der Waals surface area contributed by atoms with Gasteiger partial charge in [0.15, 0.2) is 6.10 Å². The molecule has 4 heteroatoms. The molecule has 1 amide bonds. The van der Waals surface area contributed by atoms with Gasteiger partial charge in [-0.3, -0.25) is 4.79 Å². The lowest BCUT2D eigenvalue weighted by molar-refractivity contribution is -0.122. The third-order valence-electron chi connectivity index (χ3n) is 4.25. The highest BCUT2D eigenvalue weighted by Gasteiger charge is 2.45. The lowest BCUT2D eigenvalue weighted by Crippen LogP contribution is -2.30. The first-order valence-electron chi connectivity index (χ1n) is 7.86. The highest BCUT2D eigenvalue weighted by atomic mass is 16.6. The number of benzene rings is 2. The molecule has 0 spiro atoms. The predicted molar refractivity (Wildman–Crippen MR) is 89.1 cm³/mol. The van der Waals surface area contributed by atoms with Crippen LogP contribution in [0.25, 0.3) is 10.9 Å². The average Bonchev–Trinajstić information content (AvgIpc) is 3.31. The molecule has 1 fully saturated rings. The van der Waals surface area contributed by atoms with Crippen LogP contribution in [0, 0.1) is 0 Å². The number of aromatic nitrogens is 1. The number of fused-ring (bicyclic) bond motifs is 1. The molecule has 2 unspecified atom stereocenters. The molecule has 2 N–H and O–H groups in total. The van der Waals surface area contributed by atoms with Crippen LogP contribution in [0.2, 0.25) is 0 Å². The van der Waals surface area contributed by atoms with Gasteiger partial charge in [0.2, 0.25) is 0 Å². The standard InChI is InChI=1S/C19H18N2O2/c22-19(18-17(23-18)13-6-2-1-3-7-13)20-11-10-14-12-21-16-9-5-4-8-15(14)16/h1-9,12,17-18,21H,10-11H2,(H,20,22). The van der Waals surface area contributed by atoms with E-state index in [1.807, 2.05) is 48.7 Å². The summed E-state index contributed by atoms with van der Waals surface area (Å²) in [5.41, 5.74) is 3.41. The minimum atomic E-state index is -0.347. The number of epoxide rings is 1. The molecule has 2 heterocycles. The number of carbonyl (C=O) groups is 1. The molecular formula is C19H18N2O2. The molecular weight excluding hydrogens is 288 g/mol. The van der Waals surface area contributed by atoms with E-state index in [-0.39, 0.29) is 18.1 Å². The zero-order chi connectivity index (χ0) is 15.6. The van der Waals surface area contributed by atoms with Crippen molar-refractivity contribution in [2.75, 3.05) is 6.54 Å². The van der Waals surface area contributed by atoms with E-state index in [9.17, 15) is 4.79 Å².